The predicted molar refractivity (Wildman–Crippen MR) is 92.8 cm³/mol. The maximum absolute atomic E-state index is 12.9. The standard InChI is InChI=1S/C16H15N5O2S/c1-9-18-15-14(24-9)11-7-17-21(16(22)13(11)20(15)2)8-10-5-4-6-12(19-10)23-3/h4-7H,8H2,1-3H3. The number of rotatable bonds is 3. The van der Waals surface area contributed by atoms with Crippen LogP contribution in [0.4, 0.5) is 0 Å². The summed E-state index contributed by atoms with van der Waals surface area (Å²) in [6, 6.07) is 5.45. The zero-order chi connectivity index (χ0) is 16.8. The second-order valence-corrected chi connectivity index (χ2v) is 6.69. The lowest BCUT2D eigenvalue weighted by Crippen LogP contribution is -2.25. The first-order chi connectivity index (χ1) is 11.6. The lowest BCUT2D eigenvalue weighted by molar-refractivity contribution is 0.395. The minimum absolute atomic E-state index is 0.150. The molecule has 4 aromatic rings. The Bertz CT molecular complexity index is 1120. The van der Waals surface area contributed by atoms with Gasteiger partial charge in [-0.3, -0.25) is 4.79 Å². The van der Waals surface area contributed by atoms with E-state index in [1.165, 1.54) is 4.68 Å². The summed E-state index contributed by atoms with van der Waals surface area (Å²) in [5.74, 6) is 0.515. The zero-order valence-corrected chi connectivity index (χ0v) is 14.3. The first kappa shape index (κ1) is 14.8. The number of hydrogen-bond donors (Lipinski definition) is 0. The predicted octanol–water partition coefficient (Wildman–Crippen LogP) is 2.11. The van der Waals surface area contributed by atoms with E-state index in [1.54, 1.807) is 30.7 Å². The molecule has 0 saturated carbocycles. The van der Waals surface area contributed by atoms with E-state index in [1.807, 2.05) is 30.7 Å². The van der Waals surface area contributed by atoms with E-state index in [0.717, 1.165) is 20.7 Å². The van der Waals surface area contributed by atoms with E-state index in [4.69, 9.17) is 4.74 Å². The number of thiazole rings is 1. The van der Waals surface area contributed by atoms with Gasteiger partial charge in [-0.25, -0.2) is 14.6 Å². The van der Waals surface area contributed by atoms with Crippen LogP contribution < -0.4 is 10.3 Å². The lowest BCUT2D eigenvalue weighted by Gasteiger charge is -2.06. The Hall–Kier alpha value is -2.74. The Kier molecular flexibility index (Phi) is 3.34. The molecule has 122 valence electrons. The highest BCUT2D eigenvalue weighted by Crippen LogP contribution is 2.30. The number of nitrogens with zero attached hydrogens (tertiary/aromatic N) is 5. The Balaban J connectivity index is 1.86. The van der Waals surface area contributed by atoms with E-state index >= 15 is 0 Å². The molecule has 0 aliphatic rings. The maximum Gasteiger partial charge on any atom is 0.291 e. The van der Waals surface area contributed by atoms with E-state index in [0.29, 0.717) is 17.1 Å². The third-order valence-electron chi connectivity index (χ3n) is 3.93. The van der Waals surface area contributed by atoms with Crippen LogP contribution in [-0.4, -0.2) is 31.4 Å². The number of pyridine rings is 1. The molecule has 4 aromatic heterocycles. The quantitative estimate of drug-likeness (QED) is 0.570. The van der Waals surface area contributed by atoms with Gasteiger partial charge < -0.3 is 9.30 Å². The van der Waals surface area contributed by atoms with Crippen molar-refractivity contribution in [2.24, 2.45) is 7.05 Å². The molecule has 0 N–H and O–H groups in total. The molecule has 0 bridgehead atoms. The molecule has 8 heteroatoms. The SMILES string of the molecule is COc1cccc(Cn2ncc3c4sc(C)nc4n(C)c3c2=O)n1. The van der Waals surface area contributed by atoms with Gasteiger partial charge in [0.1, 0.15) is 5.52 Å². The van der Waals surface area contributed by atoms with Crippen LogP contribution in [0.5, 0.6) is 5.88 Å². The van der Waals surface area contributed by atoms with Crippen LogP contribution in [0, 0.1) is 6.92 Å². The fourth-order valence-electron chi connectivity index (χ4n) is 2.82. The average Bonchev–Trinajstić information content (AvgIpc) is 3.08. The van der Waals surface area contributed by atoms with Crippen molar-refractivity contribution in [3.8, 4) is 5.88 Å². The Morgan fingerprint density at radius 3 is 2.92 bits per heavy atom. The van der Waals surface area contributed by atoms with Crippen molar-refractivity contribution in [2.45, 2.75) is 13.5 Å². The molecule has 0 aliphatic heterocycles. The molecule has 24 heavy (non-hydrogen) atoms. The monoisotopic (exact) mass is 341 g/mol. The molecule has 0 fully saturated rings. The van der Waals surface area contributed by atoms with E-state index < -0.39 is 0 Å². The summed E-state index contributed by atoms with van der Waals surface area (Å²) in [5, 5.41) is 6.14. The minimum Gasteiger partial charge on any atom is -0.481 e. The Labute approximate surface area is 141 Å². The highest BCUT2D eigenvalue weighted by atomic mass is 32.1. The number of hydrogen-bond acceptors (Lipinski definition) is 6. The minimum atomic E-state index is -0.150. The van der Waals surface area contributed by atoms with Crippen molar-refractivity contribution in [1.29, 1.82) is 0 Å². The van der Waals surface area contributed by atoms with Gasteiger partial charge in [0, 0.05) is 18.5 Å². The van der Waals surface area contributed by atoms with Gasteiger partial charge in [0.05, 0.1) is 35.3 Å². The van der Waals surface area contributed by atoms with Crippen molar-refractivity contribution in [1.82, 2.24) is 24.3 Å². The molecule has 0 aliphatic carbocycles. The first-order valence-corrected chi connectivity index (χ1v) is 8.21. The summed E-state index contributed by atoms with van der Waals surface area (Å²) in [4.78, 5) is 21.7. The highest BCUT2D eigenvalue weighted by Gasteiger charge is 2.17. The molecule has 0 saturated heterocycles. The molecule has 0 spiro atoms. The Morgan fingerprint density at radius 2 is 2.12 bits per heavy atom. The zero-order valence-electron chi connectivity index (χ0n) is 13.5. The van der Waals surface area contributed by atoms with Crippen molar-refractivity contribution >= 4 is 32.6 Å². The number of ether oxygens (including phenoxy) is 1. The van der Waals surface area contributed by atoms with E-state index in [2.05, 4.69) is 15.1 Å². The van der Waals surface area contributed by atoms with E-state index in [-0.39, 0.29) is 12.1 Å². The molecule has 4 rings (SSSR count). The Morgan fingerprint density at radius 1 is 1.29 bits per heavy atom. The number of aromatic nitrogens is 5. The van der Waals surface area contributed by atoms with Gasteiger partial charge in [0.25, 0.3) is 5.56 Å². The molecule has 0 aromatic carbocycles. The van der Waals surface area contributed by atoms with Gasteiger partial charge in [-0.2, -0.15) is 5.10 Å². The van der Waals surface area contributed by atoms with Crippen LogP contribution in [0.2, 0.25) is 0 Å². The molecule has 0 amide bonds. The summed E-state index contributed by atoms with van der Waals surface area (Å²) < 4.78 is 9.38. The van der Waals surface area contributed by atoms with Gasteiger partial charge >= 0.3 is 0 Å². The van der Waals surface area contributed by atoms with Crippen LogP contribution in [0.3, 0.4) is 0 Å². The topological polar surface area (TPSA) is 74.8 Å². The molecule has 7 nitrogen and oxygen atoms in total. The normalized spacial score (nSPS) is 11.5. The van der Waals surface area contributed by atoms with Crippen LogP contribution in [0.15, 0.2) is 29.2 Å². The van der Waals surface area contributed by atoms with Crippen LogP contribution in [0.25, 0.3) is 21.3 Å². The van der Waals surface area contributed by atoms with Gasteiger partial charge in [0.2, 0.25) is 5.88 Å². The second-order valence-electron chi connectivity index (χ2n) is 5.49. The summed E-state index contributed by atoms with van der Waals surface area (Å²) in [5.41, 5.74) is 2.00. The summed E-state index contributed by atoms with van der Waals surface area (Å²) in [7, 11) is 3.42. The maximum atomic E-state index is 12.9. The summed E-state index contributed by atoms with van der Waals surface area (Å²) >= 11 is 1.58. The van der Waals surface area contributed by atoms with Gasteiger partial charge in [-0.1, -0.05) is 6.07 Å². The smallest absolute Gasteiger partial charge is 0.291 e. The number of fused-ring (bicyclic) bond motifs is 3. The molecular weight excluding hydrogens is 326 g/mol. The van der Waals surface area contributed by atoms with Crippen molar-refractivity contribution < 1.29 is 4.74 Å². The molecule has 0 radical (unpaired) electrons. The third-order valence-corrected chi connectivity index (χ3v) is 4.93. The van der Waals surface area contributed by atoms with Gasteiger partial charge in [-0.15, -0.1) is 11.3 Å². The number of methoxy groups -OCH3 is 1. The van der Waals surface area contributed by atoms with Gasteiger partial charge in [0.15, 0.2) is 5.65 Å². The molecule has 0 atom stereocenters. The largest absolute Gasteiger partial charge is 0.481 e. The van der Waals surface area contributed by atoms with Crippen LogP contribution in [0.1, 0.15) is 10.7 Å². The van der Waals surface area contributed by atoms with Crippen LogP contribution >= 0.6 is 11.3 Å². The highest BCUT2D eigenvalue weighted by molar-refractivity contribution is 7.19. The van der Waals surface area contributed by atoms with Crippen molar-refractivity contribution in [3.05, 3.63) is 45.5 Å². The summed E-state index contributed by atoms with van der Waals surface area (Å²) in [6.45, 7) is 2.25. The summed E-state index contributed by atoms with van der Waals surface area (Å²) in [6.07, 6.45) is 1.73. The lowest BCUT2D eigenvalue weighted by atomic mass is 10.3. The number of aryl methyl sites for hydroxylation is 2. The molecular formula is C16H15N5O2S. The second kappa shape index (κ2) is 5.41. The van der Waals surface area contributed by atoms with Crippen molar-refractivity contribution in [3.63, 3.8) is 0 Å². The fourth-order valence-corrected chi connectivity index (χ4v) is 3.78. The average molecular weight is 341 g/mol. The van der Waals surface area contributed by atoms with Crippen molar-refractivity contribution in [2.75, 3.05) is 7.11 Å². The van der Waals surface area contributed by atoms with Gasteiger partial charge in [-0.05, 0) is 13.0 Å². The van der Waals surface area contributed by atoms with E-state index in [9.17, 15) is 4.79 Å². The first-order valence-electron chi connectivity index (χ1n) is 7.40. The molecule has 0 unspecified atom stereocenters. The molecule has 4 heterocycles. The fraction of sp³-hybridized carbons (Fsp3) is 0.250. The van der Waals surface area contributed by atoms with Crippen LogP contribution in [-0.2, 0) is 13.6 Å². The third kappa shape index (κ3) is 2.18.